The smallest absolute Gasteiger partial charge is 0.293 e. The second-order valence-electron chi connectivity index (χ2n) is 5.16. The van der Waals surface area contributed by atoms with Crippen LogP contribution in [-0.2, 0) is 0 Å². The highest BCUT2D eigenvalue weighted by Crippen LogP contribution is 2.26. The molecule has 1 fully saturated rings. The van der Waals surface area contributed by atoms with Gasteiger partial charge >= 0.3 is 0 Å². The van der Waals surface area contributed by atoms with Gasteiger partial charge in [0.15, 0.2) is 0 Å². The first-order chi connectivity index (χ1) is 10.1. The van der Waals surface area contributed by atoms with Crippen molar-refractivity contribution in [2.45, 2.75) is 12.8 Å². The summed E-state index contributed by atoms with van der Waals surface area (Å²) in [6.45, 7) is 2.65. The van der Waals surface area contributed by atoms with Crippen molar-refractivity contribution in [3.63, 3.8) is 0 Å². The Kier molecular flexibility index (Phi) is 5.10. The molecule has 3 N–H and O–H groups in total. The molecule has 7 nitrogen and oxygen atoms in total. The van der Waals surface area contributed by atoms with Gasteiger partial charge in [-0.1, -0.05) is 0 Å². The lowest BCUT2D eigenvalue weighted by Crippen LogP contribution is -2.33. The van der Waals surface area contributed by atoms with Gasteiger partial charge in [-0.25, -0.2) is 0 Å². The van der Waals surface area contributed by atoms with Gasteiger partial charge in [-0.3, -0.25) is 14.9 Å². The molecule has 0 aromatic heterocycles. The number of rotatable bonds is 5. The van der Waals surface area contributed by atoms with Gasteiger partial charge in [-0.2, -0.15) is 0 Å². The van der Waals surface area contributed by atoms with Crippen LogP contribution >= 0.6 is 0 Å². The first-order valence-electron chi connectivity index (χ1n) is 7.07. The third-order valence-electron chi connectivity index (χ3n) is 3.66. The number of nitrogens with one attached hydrogen (secondary N) is 3. The quantitative estimate of drug-likeness (QED) is 0.562. The minimum absolute atomic E-state index is 0.0696. The highest BCUT2D eigenvalue weighted by molar-refractivity contribution is 5.95. The normalized spacial score (nSPS) is 18.0. The predicted molar refractivity (Wildman–Crippen MR) is 80.6 cm³/mol. The number of nitro groups is 1. The molecule has 114 valence electrons. The maximum atomic E-state index is 11.5. The molecule has 1 aliphatic rings. The van der Waals surface area contributed by atoms with Crippen LogP contribution in [0.25, 0.3) is 0 Å². The highest BCUT2D eigenvalue weighted by Gasteiger charge is 2.19. The molecule has 1 aromatic rings. The Morgan fingerprint density at radius 2 is 2.33 bits per heavy atom. The van der Waals surface area contributed by atoms with Crippen molar-refractivity contribution in [3.05, 3.63) is 33.9 Å². The second-order valence-corrected chi connectivity index (χ2v) is 5.16. The Labute approximate surface area is 123 Å². The zero-order valence-corrected chi connectivity index (χ0v) is 12.0. The lowest BCUT2D eigenvalue weighted by Gasteiger charge is -2.23. The van der Waals surface area contributed by atoms with Crippen LogP contribution in [0.4, 0.5) is 11.4 Å². The van der Waals surface area contributed by atoms with E-state index in [9.17, 15) is 14.9 Å². The average molecular weight is 292 g/mol. The third-order valence-corrected chi connectivity index (χ3v) is 3.66. The second kappa shape index (κ2) is 7.03. The summed E-state index contributed by atoms with van der Waals surface area (Å²) >= 11 is 0. The van der Waals surface area contributed by atoms with Crippen LogP contribution in [0.15, 0.2) is 18.2 Å². The average Bonchev–Trinajstić information content (AvgIpc) is 2.52. The van der Waals surface area contributed by atoms with Gasteiger partial charge in [-0.15, -0.1) is 0 Å². The molecule has 1 heterocycles. The number of nitro benzene ring substituents is 1. The van der Waals surface area contributed by atoms with Crippen LogP contribution in [0.3, 0.4) is 0 Å². The lowest BCUT2D eigenvalue weighted by molar-refractivity contribution is -0.384. The predicted octanol–water partition coefficient (Wildman–Crippen LogP) is 1.37. The van der Waals surface area contributed by atoms with Crippen molar-refractivity contribution in [3.8, 4) is 0 Å². The molecule has 1 aromatic carbocycles. The number of amides is 1. The summed E-state index contributed by atoms with van der Waals surface area (Å²) in [6.07, 6.45) is 2.24. The Hall–Kier alpha value is -2.15. The Balaban J connectivity index is 2.10. The fraction of sp³-hybridized carbons (Fsp3) is 0.500. The van der Waals surface area contributed by atoms with Crippen LogP contribution in [0.5, 0.6) is 0 Å². The van der Waals surface area contributed by atoms with Crippen molar-refractivity contribution < 1.29 is 9.72 Å². The number of piperidine rings is 1. The number of carbonyl (C=O) groups excluding carboxylic acids is 1. The van der Waals surface area contributed by atoms with Crippen LogP contribution < -0.4 is 16.0 Å². The van der Waals surface area contributed by atoms with Gasteiger partial charge in [0.05, 0.1) is 4.92 Å². The third kappa shape index (κ3) is 3.91. The summed E-state index contributed by atoms with van der Waals surface area (Å²) in [7, 11) is 1.50. The van der Waals surface area contributed by atoms with Crippen molar-refractivity contribution in [1.82, 2.24) is 10.6 Å². The maximum absolute atomic E-state index is 11.5. The summed E-state index contributed by atoms with van der Waals surface area (Å²) in [5, 5.41) is 20.1. The van der Waals surface area contributed by atoms with Gasteiger partial charge in [0, 0.05) is 25.2 Å². The molecule has 1 atom stereocenters. The van der Waals surface area contributed by atoms with E-state index in [0.29, 0.717) is 18.2 Å². The van der Waals surface area contributed by atoms with Gasteiger partial charge in [0.2, 0.25) is 0 Å². The molecule has 0 aliphatic carbocycles. The van der Waals surface area contributed by atoms with Gasteiger partial charge < -0.3 is 16.0 Å². The minimum Gasteiger partial charge on any atom is -0.379 e. The zero-order valence-electron chi connectivity index (χ0n) is 12.0. The first kappa shape index (κ1) is 15.2. The van der Waals surface area contributed by atoms with Gasteiger partial charge in [-0.05, 0) is 44.0 Å². The van der Waals surface area contributed by atoms with Gasteiger partial charge in [0.1, 0.15) is 5.69 Å². The largest absolute Gasteiger partial charge is 0.379 e. The fourth-order valence-electron chi connectivity index (χ4n) is 2.47. The first-order valence-corrected chi connectivity index (χ1v) is 7.07. The molecule has 2 rings (SSSR count). The molecule has 1 saturated heterocycles. The number of hydrogen-bond donors (Lipinski definition) is 3. The van der Waals surface area contributed by atoms with Crippen molar-refractivity contribution in [2.24, 2.45) is 5.92 Å². The molecule has 21 heavy (non-hydrogen) atoms. The molecule has 0 saturated carbocycles. The van der Waals surface area contributed by atoms with Crippen LogP contribution in [0, 0.1) is 16.0 Å². The number of anilines is 1. The Bertz CT molecular complexity index is 527. The fourth-order valence-corrected chi connectivity index (χ4v) is 2.47. The number of nitrogens with zero attached hydrogens (tertiary/aromatic N) is 1. The monoisotopic (exact) mass is 292 g/mol. The summed E-state index contributed by atoms with van der Waals surface area (Å²) in [5.74, 6) is 0.137. The number of carbonyl (C=O) groups is 1. The molecular weight excluding hydrogens is 272 g/mol. The van der Waals surface area contributed by atoms with E-state index in [-0.39, 0.29) is 17.2 Å². The lowest BCUT2D eigenvalue weighted by atomic mass is 9.99. The molecule has 0 radical (unpaired) electrons. The van der Waals surface area contributed by atoms with E-state index in [0.717, 1.165) is 25.9 Å². The Morgan fingerprint density at radius 3 is 2.95 bits per heavy atom. The maximum Gasteiger partial charge on any atom is 0.293 e. The molecule has 0 spiro atoms. The summed E-state index contributed by atoms with van der Waals surface area (Å²) in [5.41, 5.74) is 0.673. The van der Waals surface area contributed by atoms with Crippen LogP contribution in [0.1, 0.15) is 23.2 Å². The standard InChI is InChI=1S/C14H20N4O3/c1-15-14(19)11-4-5-12(13(7-11)18(20)21)17-9-10-3-2-6-16-8-10/h4-5,7,10,16-17H,2-3,6,8-9H2,1H3,(H,15,19). The Morgan fingerprint density at radius 1 is 1.52 bits per heavy atom. The topological polar surface area (TPSA) is 96.3 Å². The van der Waals surface area contributed by atoms with Crippen molar-refractivity contribution in [1.29, 1.82) is 0 Å². The van der Waals surface area contributed by atoms with E-state index in [4.69, 9.17) is 0 Å². The molecule has 1 unspecified atom stereocenters. The number of hydrogen-bond acceptors (Lipinski definition) is 5. The molecule has 0 bridgehead atoms. The van der Waals surface area contributed by atoms with E-state index >= 15 is 0 Å². The van der Waals surface area contributed by atoms with E-state index in [1.54, 1.807) is 12.1 Å². The van der Waals surface area contributed by atoms with E-state index in [1.807, 2.05) is 0 Å². The minimum atomic E-state index is -0.464. The summed E-state index contributed by atoms with van der Waals surface area (Å²) < 4.78 is 0. The van der Waals surface area contributed by atoms with Crippen molar-refractivity contribution >= 4 is 17.3 Å². The number of benzene rings is 1. The molecular formula is C14H20N4O3. The van der Waals surface area contributed by atoms with Crippen molar-refractivity contribution in [2.75, 3.05) is 32.0 Å². The molecule has 1 amide bonds. The van der Waals surface area contributed by atoms with E-state index in [2.05, 4.69) is 16.0 Å². The van der Waals surface area contributed by atoms with E-state index < -0.39 is 4.92 Å². The zero-order chi connectivity index (χ0) is 15.2. The van der Waals surface area contributed by atoms with Crippen LogP contribution in [-0.4, -0.2) is 37.5 Å². The SMILES string of the molecule is CNC(=O)c1ccc(NCC2CCCNC2)c([N+](=O)[O-])c1. The molecule has 1 aliphatic heterocycles. The van der Waals surface area contributed by atoms with Crippen LogP contribution in [0.2, 0.25) is 0 Å². The molecule has 7 heteroatoms. The summed E-state index contributed by atoms with van der Waals surface area (Å²) in [6, 6.07) is 4.49. The van der Waals surface area contributed by atoms with E-state index in [1.165, 1.54) is 13.1 Å². The highest BCUT2D eigenvalue weighted by atomic mass is 16.6. The van der Waals surface area contributed by atoms with Gasteiger partial charge in [0.25, 0.3) is 11.6 Å². The summed E-state index contributed by atoms with van der Waals surface area (Å²) in [4.78, 5) is 22.2.